The molecule has 0 saturated carbocycles. The summed E-state index contributed by atoms with van der Waals surface area (Å²) in [6, 6.07) is 33.3. The van der Waals surface area contributed by atoms with Gasteiger partial charge in [0, 0.05) is 23.0 Å². The van der Waals surface area contributed by atoms with Crippen LogP contribution in [-0.4, -0.2) is 14.1 Å². The summed E-state index contributed by atoms with van der Waals surface area (Å²) < 4.78 is 14.0. The molecule has 0 atom stereocenters. The largest absolute Gasteiger partial charge is 0.458 e. The number of benzene rings is 4. The molecule has 0 N–H and O–H groups in total. The van der Waals surface area contributed by atoms with Crippen molar-refractivity contribution in [3.63, 3.8) is 0 Å². The molecular weight excluding hydrogens is 745 g/mol. The summed E-state index contributed by atoms with van der Waals surface area (Å²) in [4.78, 5) is 4.92. The van der Waals surface area contributed by atoms with Crippen molar-refractivity contribution in [2.24, 2.45) is 0 Å². The minimum Gasteiger partial charge on any atom is -0.458 e. The van der Waals surface area contributed by atoms with E-state index in [2.05, 4.69) is 236 Å². The molecular formula is C56H70N4O. The number of hydrogen-bond donors (Lipinski definition) is 0. The van der Waals surface area contributed by atoms with Crippen molar-refractivity contribution in [3.05, 3.63) is 137 Å². The molecule has 0 radical (unpaired) electrons. The van der Waals surface area contributed by atoms with E-state index in [1.807, 2.05) is 6.20 Å². The van der Waals surface area contributed by atoms with Crippen molar-refractivity contribution in [1.29, 1.82) is 0 Å². The molecule has 3 heterocycles. The molecule has 7 rings (SSSR count). The van der Waals surface area contributed by atoms with Crippen LogP contribution in [0.25, 0.3) is 39.0 Å². The van der Waals surface area contributed by atoms with Crippen LogP contribution in [0.15, 0.2) is 97.2 Å². The SMILES string of the molecule is CC(C)(C)c1cc(Oc2ccc3c4ccccc4n(-c4cc(C(C)(C)C)ccn4)c3c2)cc(-n2[c-][n+](-c3cc(C(C)(C)C)cc(C(C)(C)C)c3)c(C(C)(C)C)c2C(C)(C)C)c1. The first-order chi connectivity index (χ1) is 28.0. The van der Waals surface area contributed by atoms with Crippen LogP contribution in [0.5, 0.6) is 11.5 Å². The number of rotatable bonds is 5. The highest BCUT2D eigenvalue weighted by Gasteiger charge is 2.35. The fourth-order valence-corrected chi connectivity index (χ4v) is 8.38. The first-order valence-corrected chi connectivity index (χ1v) is 22.1. The quantitative estimate of drug-likeness (QED) is 0.128. The number of pyridine rings is 1. The fourth-order valence-electron chi connectivity index (χ4n) is 8.38. The predicted molar refractivity (Wildman–Crippen MR) is 257 cm³/mol. The number of ether oxygens (including phenoxy) is 1. The Kier molecular flexibility index (Phi) is 10.6. The molecule has 0 amide bonds. The summed E-state index contributed by atoms with van der Waals surface area (Å²) in [6.07, 6.45) is 5.90. The van der Waals surface area contributed by atoms with Crippen molar-refractivity contribution < 1.29 is 9.30 Å². The number of imidazole rings is 1. The van der Waals surface area contributed by atoms with Gasteiger partial charge in [-0.05, 0) is 115 Å². The highest BCUT2D eigenvalue weighted by atomic mass is 16.5. The Labute approximate surface area is 366 Å². The Morgan fingerprint density at radius 2 is 1.07 bits per heavy atom. The molecule has 3 aromatic heterocycles. The van der Waals surface area contributed by atoms with Gasteiger partial charge in [-0.1, -0.05) is 149 Å². The first kappa shape index (κ1) is 43.9. The van der Waals surface area contributed by atoms with E-state index in [9.17, 15) is 0 Å². The molecule has 5 nitrogen and oxygen atoms in total. The van der Waals surface area contributed by atoms with Gasteiger partial charge in [-0.3, -0.25) is 13.7 Å². The third kappa shape index (κ3) is 8.68. The fraction of sp³-hybridized carbons (Fsp3) is 0.429. The lowest BCUT2D eigenvalue weighted by molar-refractivity contribution is -0.611. The van der Waals surface area contributed by atoms with Crippen LogP contribution in [0.4, 0.5) is 0 Å². The molecule has 0 unspecified atom stereocenters. The van der Waals surface area contributed by atoms with Crippen LogP contribution < -0.4 is 9.30 Å². The summed E-state index contributed by atoms with van der Waals surface area (Å²) in [5.74, 6) is 2.45. The maximum absolute atomic E-state index is 7.00. The van der Waals surface area contributed by atoms with Gasteiger partial charge in [-0.15, -0.1) is 0 Å². The minimum atomic E-state index is -0.214. The third-order valence-corrected chi connectivity index (χ3v) is 11.9. The zero-order chi connectivity index (χ0) is 44.8. The average molecular weight is 815 g/mol. The molecule has 320 valence electrons. The summed E-state index contributed by atoms with van der Waals surface area (Å²) in [5, 5.41) is 2.35. The second kappa shape index (κ2) is 14.7. The van der Waals surface area contributed by atoms with Crippen LogP contribution >= 0.6 is 0 Å². The van der Waals surface area contributed by atoms with Crippen LogP contribution in [0.3, 0.4) is 0 Å². The number of fused-ring (bicyclic) bond motifs is 3. The maximum Gasteiger partial charge on any atom is 0.269 e. The third-order valence-electron chi connectivity index (χ3n) is 11.9. The standard InChI is InChI=1S/C56H70N4O/c1-51(2,3)36-25-26-57-48(32-36)60-46-22-20-19-21-44(46)45-24-23-42(34-47(45)60)61-43-31-39(54(10,11)12)30-41(33-43)59-35-58(49(55(13,14)15)50(59)56(16,17)18)40-28-37(52(4,5)6)27-38(29-40)53(7,8)9/h19-34H,1-18H3. The molecule has 0 aliphatic carbocycles. The van der Waals surface area contributed by atoms with E-state index in [0.29, 0.717) is 0 Å². The maximum atomic E-state index is 7.00. The van der Waals surface area contributed by atoms with E-state index in [0.717, 1.165) is 45.1 Å². The Bertz CT molecular complexity index is 2740. The van der Waals surface area contributed by atoms with Gasteiger partial charge in [0.25, 0.3) is 6.33 Å². The van der Waals surface area contributed by atoms with Crippen LogP contribution in [-0.2, 0) is 32.5 Å². The lowest BCUT2D eigenvalue weighted by Gasteiger charge is -2.31. The van der Waals surface area contributed by atoms with E-state index in [4.69, 9.17) is 9.72 Å². The van der Waals surface area contributed by atoms with Crippen molar-refractivity contribution in [2.45, 2.75) is 157 Å². The molecule has 4 aromatic carbocycles. The van der Waals surface area contributed by atoms with Crippen molar-refractivity contribution >= 4 is 21.8 Å². The van der Waals surface area contributed by atoms with E-state index in [-0.39, 0.29) is 32.5 Å². The molecule has 0 spiro atoms. The number of hydrogen-bond acceptors (Lipinski definition) is 2. The molecule has 0 bridgehead atoms. The second-order valence-corrected chi connectivity index (χ2v) is 23.5. The van der Waals surface area contributed by atoms with Gasteiger partial charge < -0.3 is 4.74 Å². The van der Waals surface area contributed by atoms with Crippen molar-refractivity contribution in [3.8, 4) is 28.7 Å². The van der Waals surface area contributed by atoms with E-state index < -0.39 is 0 Å². The minimum absolute atomic E-state index is 0.0107. The number of nitrogens with zero attached hydrogens (tertiary/aromatic N) is 4. The smallest absolute Gasteiger partial charge is 0.269 e. The molecule has 7 aromatic rings. The van der Waals surface area contributed by atoms with E-state index in [1.54, 1.807) is 0 Å². The summed E-state index contributed by atoms with van der Waals surface area (Å²) in [7, 11) is 0. The van der Waals surface area contributed by atoms with Crippen LogP contribution in [0.1, 0.15) is 158 Å². The molecule has 0 aliphatic rings. The number of aromatic nitrogens is 4. The second-order valence-electron chi connectivity index (χ2n) is 23.5. The summed E-state index contributed by atoms with van der Waals surface area (Å²) >= 11 is 0. The topological polar surface area (TPSA) is 35.9 Å². The summed E-state index contributed by atoms with van der Waals surface area (Å²) in [6.45, 7) is 41.4. The molecule has 0 aliphatic heterocycles. The highest BCUT2D eigenvalue weighted by molar-refractivity contribution is 6.09. The van der Waals surface area contributed by atoms with Crippen molar-refractivity contribution in [1.82, 2.24) is 14.1 Å². The van der Waals surface area contributed by atoms with E-state index >= 15 is 0 Å². The molecule has 0 fully saturated rings. The Morgan fingerprint density at radius 1 is 0.492 bits per heavy atom. The van der Waals surface area contributed by atoms with Crippen LogP contribution in [0, 0.1) is 6.33 Å². The zero-order valence-electron chi connectivity index (χ0n) is 40.4. The zero-order valence-corrected chi connectivity index (χ0v) is 40.4. The van der Waals surface area contributed by atoms with Gasteiger partial charge in [0.2, 0.25) is 0 Å². The van der Waals surface area contributed by atoms with Gasteiger partial charge >= 0.3 is 0 Å². The normalized spacial score (nSPS) is 13.4. The highest BCUT2D eigenvalue weighted by Crippen LogP contribution is 2.40. The van der Waals surface area contributed by atoms with Gasteiger partial charge in [0.15, 0.2) is 0 Å². The first-order valence-electron chi connectivity index (χ1n) is 22.1. The van der Waals surface area contributed by atoms with Crippen molar-refractivity contribution in [2.75, 3.05) is 0 Å². The predicted octanol–water partition coefficient (Wildman–Crippen LogP) is 14.6. The monoisotopic (exact) mass is 815 g/mol. The lowest BCUT2D eigenvalue weighted by Crippen LogP contribution is -2.41. The van der Waals surface area contributed by atoms with Gasteiger partial charge in [0.05, 0.1) is 33.8 Å². The summed E-state index contributed by atoms with van der Waals surface area (Å²) in [5.41, 5.74) is 11.3. The van der Waals surface area contributed by atoms with Gasteiger partial charge in [-0.2, -0.15) is 0 Å². The molecule has 5 heteroatoms. The Morgan fingerprint density at radius 3 is 1.64 bits per heavy atom. The Hall–Kier alpha value is -5.16. The van der Waals surface area contributed by atoms with Gasteiger partial charge in [-0.25, -0.2) is 4.98 Å². The lowest BCUT2D eigenvalue weighted by atomic mass is 9.79. The number of para-hydroxylation sites is 1. The van der Waals surface area contributed by atoms with Gasteiger partial charge in [0.1, 0.15) is 17.3 Å². The molecule has 0 saturated heterocycles. The Balaban J connectivity index is 1.45. The van der Waals surface area contributed by atoms with E-state index in [1.165, 1.54) is 39.0 Å². The average Bonchev–Trinajstić information content (AvgIpc) is 3.71. The molecule has 61 heavy (non-hydrogen) atoms. The van der Waals surface area contributed by atoms with Crippen LogP contribution in [0.2, 0.25) is 0 Å².